The Balaban J connectivity index is 1.71. The zero-order chi connectivity index (χ0) is 18.0. The number of likely N-dealkylation sites (tertiary alicyclic amines) is 1. The van der Waals surface area contributed by atoms with Crippen molar-refractivity contribution in [1.82, 2.24) is 9.88 Å². The van der Waals surface area contributed by atoms with Gasteiger partial charge >= 0.3 is 0 Å². The fraction of sp³-hybridized carbons (Fsp3) is 0.368. The Labute approximate surface area is 157 Å². The third kappa shape index (κ3) is 4.25. The summed E-state index contributed by atoms with van der Waals surface area (Å²) in [7, 11) is 0. The van der Waals surface area contributed by atoms with Gasteiger partial charge in [0.1, 0.15) is 16.5 Å². The molecule has 0 radical (unpaired) electrons. The van der Waals surface area contributed by atoms with Crippen LogP contribution >= 0.6 is 23.2 Å². The maximum atomic E-state index is 12.4. The van der Waals surface area contributed by atoms with E-state index in [0.717, 1.165) is 25.1 Å². The molecule has 0 spiro atoms. The van der Waals surface area contributed by atoms with Crippen molar-refractivity contribution in [3.05, 3.63) is 51.8 Å². The Hall–Kier alpha value is -1.78. The predicted molar refractivity (Wildman–Crippen MR) is 99.6 cm³/mol. The van der Waals surface area contributed by atoms with Gasteiger partial charge in [-0.05, 0) is 37.0 Å². The molecule has 2 heterocycles. The number of aromatic nitrogens is 1. The number of ether oxygens (including phenoxy) is 1. The maximum Gasteiger partial charge on any atom is 0.228 e. The topological polar surface area (TPSA) is 42.4 Å². The third-order valence-electron chi connectivity index (χ3n) is 4.36. The van der Waals surface area contributed by atoms with Crippen LogP contribution in [0.15, 0.2) is 30.5 Å². The summed E-state index contributed by atoms with van der Waals surface area (Å²) in [6, 6.07) is 7.13. The van der Waals surface area contributed by atoms with Crippen molar-refractivity contribution < 1.29 is 9.53 Å². The van der Waals surface area contributed by atoms with Crippen LogP contribution in [0.5, 0.6) is 11.5 Å². The Morgan fingerprint density at radius 1 is 1.32 bits per heavy atom. The Kier molecular flexibility index (Phi) is 5.50. The first-order valence-corrected chi connectivity index (χ1v) is 9.05. The lowest BCUT2D eigenvalue weighted by atomic mass is 10.2. The average molecular weight is 379 g/mol. The van der Waals surface area contributed by atoms with Gasteiger partial charge in [0.2, 0.25) is 5.91 Å². The highest BCUT2D eigenvalue weighted by Gasteiger charge is 2.23. The van der Waals surface area contributed by atoms with E-state index in [9.17, 15) is 4.79 Å². The lowest BCUT2D eigenvalue weighted by Crippen LogP contribution is -2.30. The van der Waals surface area contributed by atoms with Crippen molar-refractivity contribution in [1.29, 1.82) is 0 Å². The lowest BCUT2D eigenvalue weighted by Gasteiger charge is -2.16. The fourth-order valence-electron chi connectivity index (χ4n) is 2.88. The first kappa shape index (κ1) is 18.0. The van der Waals surface area contributed by atoms with Gasteiger partial charge in [-0.2, -0.15) is 0 Å². The van der Waals surface area contributed by atoms with E-state index in [0.29, 0.717) is 33.2 Å². The van der Waals surface area contributed by atoms with E-state index in [1.807, 2.05) is 17.9 Å². The molecule has 0 bridgehead atoms. The number of halogens is 2. The summed E-state index contributed by atoms with van der Waals surface area (Å²) < 4.78 is 5.83. The van der Waals surface area contributed by atoms with E-state index in [-0.39, 0.29) is 12.3 Å². The van der Waals surface area contributed by atoms with Crippen molar-refractivity contribution >= 4 is 29.1 Å². The van der Waals surface area contributed by atoms with Gasteiger partial charge in [0, 0.05) is 25.4 Å². The number of aryl methyl sites for hydroxylation is 1. The molecule has 3 rings (SSSR count). The minimum absolute atomic E-state index is 0.102. The second kappa shape index (κ2) is 7.63. The number of amides is 1. The summed E-state index contributed by atoms with van der Waals surface area (Å²) >= 11 is 12.4. The van der Waals surface area contributed by atoms with Gasteiger partial charge in [-0.15, -0.1) is 0 Å². The second-order valence-electron chi connectivity index (χ2n) is 6.50. The van der Waals surface area contributed by atoms with Gasteiger partial charge in [0.25, 0.3) is 0 Å². The normalized spacial score (nSPS) is 17.0. The van der Waals surface area contributed by atoms with Crippen LogP contribution in [0.3, 0.4) is 0 Å². The highest BCUT2D eigenvalue weighted by atomic mass is 35.5. The van der Waals surface area contributed by atoms with Gasteiger partial charge < -0.3 is 9.64 Å². The maximum absolute atomic E-state index is 12.4. The molecule has 2 aromatic rings. The van der Waals surface area contributed by atoms with Crippen LogP contribution in [0.4, 0.5) is 0 Å². The SMILES string of the molecule is Cc1ccc(Oc2ccnc(CC(=O)N3CC[C@@H](C)C3)c2)c(Cl)c1Cl. The molecule has 0 saturated carbocycles. The number of carbonyl (C=O) groups is 1. The molecule has 1 atom stereocenters. The molecule has 1 amide bonds. The minimum Gasteiger partial charge on any atom is -0.456 e. The van der Waals surface area contributed by atoms with Crippen molar-refractivity contribution in [2.45, 2.75) is 26.7 Å². The molecule has 4 nitrogen and oxygen atoms in total. The zero-order valence-electron chi connectivity index (χ0n) is 14.3. The minimum atomic E-state index is 0.102. The van der Waals surface area contributed by atoms with Gasteiger partial charge in [-0.1, -0.05) is 36.2 Å². The number of hydrogen-bond donors (Lipinski definition) is 0. The summed E-state index contributed by atoms with van der Waals surface area (Å²) in [5, 5.41) is 0.855. The van der Waals surface area contributed by atoms with Crippen LogP contribution in [0.25, 0.3) is 0 Å². The molecule has 0 unspecified atom stereocenters. The molecule has 25 heavy (non-hydrogen) atoms. The van der Waals surface area contributed by atoms with Crippen molar-refractivity contribution in [3.63, 3.8) is 0 Å². The highest BCUT2D eigenvalue weighted by molar-refractivity contribution is 6.43. The fourth-order valence-corrected chi connectivity index (χ4v) is 3.29. The summed E-state index contributed by atoms with van der Waals surface area (Å²) in [6.07, 6.45) is 2.97. The van der Waals surface area contributed by atoms with E-state index in [2.05, 4.69) is 11.9 Å². The second-order valence-corrected chi connectivity index (χ2v) is 7.26. The monoisotopic (exact) mass is 378 g/mol. The van der Waals surface area contributed by atoms with E-state index >= 15 is 0 Å². The number of nitrogens with zero attached hydrogens (tertiary/aromatic N) is 2. The van der Waals surface area contributed by atoms with Crippen LogP contribution in [0, 0.1) is 12.8 Å². The summed E-state index contributed by atoms with van der Waals surface area (Å²) in [5.74, 6) is 1.73. The molecule has 6 heteroatoms. The molecular weight excluding hydrogens is 359 g/mol. The molecule has 0 aliphatic carbocycles. The zero-order valence-corrected chi connectivity index (χ0v) is 15.8. The predicted octanol–water partition coefficient (Wildman–Crippen LogP) is 4.90. The molecule has 1 aliphatic heterocycles. The van der Waals surface area contributed by atoms with Crippen molar-refractivity contribution in [3.8, 4) is 11.5 Å². The molecule has 132 valence electrons. The van der Waals surface area contributed by atoms with Crippen LogP contribution in [-0.2, 0) is 11.2 Å². The average Bonchev–Trinajstić information content (AvgIpc) is 3.02. The summed E-state index contributed by atoms with van der Waals surface area (Å²) in [4.78, 5) is 18.6. The van der Waals surface area contributed by atoms with Crippen LogP contribution < -0.4 is 4.74 Å². The van der Waals surface area contributed by atoms with E-state index in [4.69, 9.17) is 27.9 Å². The largest absolute Gasteiger partial charge is 0.456 e. The molecular formula is C19H20Cl2N2O2. The van der Waals surface area contributed by atoms with Crippen LogP contribution in [-0.4, -0.2) is 28.9 Å². The van der Waals surface area contributed by atoms with Gasteiger partial charge in [0.05, 0.1) is 17.1 Å². The Morgan fingerprint density at radius 3 is 2.84 bits per heavy atom. The highest BCUT2D eigenvalue weighted by Crippen LogP contribution is 2.36. The molecule has 1 saturated heterocycles. The number of hydrogen-bond acceptors (Lipinski definition) is 3. The Morgan fingerprint density at radius 2 is 2.12 bits per heavy atom. The molecule has 1 aliphatic rings. The summed E-state index contributed by atoms with van der Waals surface area (Å²) in [6.45, 7) is 5.70. The summed E-state index contributed by atoms with van der Waals surface area (Å²) in [5.41, 5.74) is 1.57. The Bertz CT molecular complexity index is 795. The lowest BCUT2D eigenvalue weighted by molar-refractivity contribution is -0.129. The van der Waals surface area contributed by atoms with Crippen molar-refractivity contribution in [2.75, 3.05) is 13.1 Å². The number of carbonyl (C=O) groups excluding carboxylic acids is 1. The molecule has 1 fully saturated rings. The van der Waals surface area contributed by atoms with Gasteiger partial charge in [0.15, 0.2) is 0 Å². The number of pyridine rings is 1. The van der Waals surface area contributed by atoms with E-state index in [1.54, 1.807) is 24.4 Å². The molecule has 1 aromatic carbocycles. The van der Waals surface area contributed by atoms with E-state index < -0.39 is 0 Å². The third-order valence-corrected chi connectivity index (χ3v) is 5.32. The number of benzene rings is 1. The van der Waals surface area contributed by atoms with Gasteiger partial charge in [-0.3, -0.25) is 9.78 Å². The quantitative estimate of drug-likeness (QED) is 0.759. The van der Waals surface area contributed by atoms with E-state index in [1.165, 1.54) is 0 Å². The number of rotatable bonds is 4. The first-order valence-electron chi connectivity index (χ1n) is 8.29. The van der Waals surface area contributed by atoms with Crippen molar-refractivity contribution in [2.24, 2.45) is 5.92 Å². The standard InChI is InChI=1S/C19H20Cl2N2O2/c1-12-6-8-23(11-12)17(24)10-14-9-15(5-7-22-14)25-16-4-3-13(2)18(20)19(16)21/h3-5,7,9,12H,6,8,10-11H2,1-2H3/t12-/m1/s1. The van der Waals surface area contributed by atoms with Gasteiger partial charge in [-0.25, -0.2) is 0 Å². The molecule has 1 aromatic heterocycles. The molecule has 0 N–H and O–H groups in total. The van der Waals surface area contributed by atoms with Crippen LogP contribution in [0.2, 0.25) is 10.0 Å². The first-order chi connectivity index (χ1) is 11.9. The smallest absolute Gasteiger partial charge is 0.228 e. The van der Waals surface area contributed by atoms with Crippen LogP contribution in [0.1, 0.15) is 24.6 Å².